The van der Waals surface area contributed by atoms with Gasteiger partial charge in [0.25, 0.3) is 0 Å². The second-order valence-electron chi connectivity index (χ2n) is 3.47. The first kappa shape index (κ1) is 7.10. The summed E-state index contributed by atoms with van der Waals surface area (Å²) in [4.78, 5) is 12.9. The molecule has 1 aliphatic heterocycles. The van der Waals surface area contributed by atoms with Crippen LogP contribution in [0, 0.1) is 0 Å². The van der Waals surface area contributed by atoms with Gasteiger partial charge in [-0.2, -0.15) is 0 Å². The number of carbonyl (C=O) groups is 1. The van der Waals surface area contributed by atoms with Crippen LogP contribution in [0.1, 0.15) is 19.8 Å². The van der Waals surface area contributed by atoms with Gasteiger partial charge in [-0.3, -0.25) is 4.79 Å². The Bertz CT molecular complexity index is 187. The van der Waals surface area contributed by atoms with Crippen molar-refractivity contribution in [2.24, 2.45) is 0 Å². The number of amides is 1. The van der Waals surface area contributed by atoms with Gasteiger partial charge in [0.2, 0.25) is 5.91 Å². The molecule has 1 heterocycles. The molecule has 11 heavy (non-hydrogen) atoms. The van der Waals surface area contributed by atoms with E-state index in [1.165, 1.54) is 0 Å². The summed E-state index contributed by atoms with van der Waals surface area (Å²) < 4.78 is 5.56. The van der Waals surface area contributed by atoms with Gasteiger partial charge in [0.15, 0.2) is 0 Å². The summed E-state index contributed by atoms with van der Waals surface area (Å²) in [6.07, 6.45) is 2.27. The molecular weight excluding hydrogens is 142 g/mol. The minimum Gasteiger partial charge on any atom is -0.371 e. The normalized spacial score (nSPS) is 27.2. The zero-order chi connectivity index (χ0) is 7.90. The van der Waals surface area contributed by atoms with Crippen LogP contribution in [0.2, 0.25) is 0 Å². The summed E-state index contributed by atoms with van der Waals surface area (Å²) in [5, 5.41) is 0. The fraction of sp³-hybridized carbons (Fsp3) is 0.875. The van der Waals surface area contributed by atoms with E-state index >= 15 is 0 Å². The first-order valence-corrected chi connectivity index (χ1v) is 4.11. The largest absolute Gasteiger partial charge is 0.371 e. The van der Waals surface area contributed by atoms with Crippen LogP contribution in [0.15, 0.2) is 0 Å². The van der Waals surface area contributed by atoms with Crippen LogP contribution in [-0.4, -0.2) is 36.1 Å². The quantitative estimate of drug-likeness (QED) is 0.506. The van der Waals surface area contributed by atoms with Crippen molar-refractivity contribution >= 4 is 5.91 Å². The highest BCUT2D eigenvalue weighted by molar-refractivity contribution is 5.73. The van der Waals surface area contributed by atoms with Crippen molar-refractivity contribution in [3.63, 3.8) is 0 Å². The minimum atomic E-state index is 0.0872. The number of morpholine rings is 1. The van der Waals surface area contributed by atoms with Gasteiger partial charge >= 0.3 is 0 Å². The SMILES string of the molecule is CC(=O)N1CCOC2(CC2)C1. The predicted molar refractivity (Wildman–Crippen MR) is 40.2 cm³/mol. The van der Waals surface area contributed by atoms with Crippen LogP contribution in [-0.2, 0) is 9.53 Å². The van der Waals surface area contributed by atoms with Gasteiger partial charge in [-0.25, -0.2) is 0 Å². The fourth-order valence-corrected chi connectivity index (χ4v) is 1.56. The lowest BCUT2D eigenvalue weighted by atomic mass is 10.2. The molecule has 1 saturated carbocycles. The molecule has 3 nitrogen and oxygen atoms in total. The lowest BCUT2D eigenvalue weighted by Crippen LogP contribution is -2.45. The van der Waals surface area contributed by atoms with E-state index in [4.69, 9.17) is 4.74 Å². The number of rotatable bonds is 0. The monoisotopic (exact) mass is 155 g/mol. The van der Waals surface area contributed by atoms with Crippen molar-refractivity contribution < 1.29 is 9.53 Å². The summed E-state index contributed by atoms with van der Waals surface area (Å²) in [5.41, 5.74) is 0.0872. The van der Waals surface area contributed by atoms with E-state index in [1.54, 1.807) is 6.92 Å². The zero-order valence-electron chi connectivity index (χ0n) is 6.80. The van der Waals surface area contributed by atoms with Crippen molar-refractivity contribution in [1.82, 2.24) is 4.90 Å². The van der Waals surface area contributed by atoms with Crippen LogP contribution in [0.5, 0.6) is 0 Å². The van der Waals surface area contributed by atoms with Crippen molar-refractivity contribution in [2.75, 3.05) is 19.7 Å². The smallest absolute Gasteiger partial charge is 0.219 e. The molecule has 0 N–H and O–H groups in total. The Morgan fingerprint density at radius 2 is 2.27 bits per heavy atom. The fourth-order valence-electron chi connectivity index (χ4n) is 1.56. The highest BCUT2D eigenvalue weighted by Gasteiger charge is 2.47. The Kier molecular flexibility index (Phi) is 1.42. The first-order chi connectivity index (χ1) is 5.22. The summed E-state index contributed by atoms with van der Waals surface area (Å²) in [6.45, 7) is 3.94. The van der Waals surface area contributed by atoms with Gasteiger partial charge in [0.05, 0.1) is 12.2 Å². The Morgan fingerprint density at radius 3 is 2.82 bits per heavy atom. The lowest BCUT2D eigenvalue weighted by Gasteiger charge is -2.32. The molecule has 0 aromatic carbocycles. The molecule has 0 atom stereocenters. The van der Waals surface area contributed by atoms with Gasteiger partial charge in [-0.15, -0.1) is 0 Å². The van der Waals surface area contributed by atoms with Gasteiger partial charge in [-0.1, -0.05) is 0 Å². The Hall–Kier alpha value is -0.570. The topological polar surface area (TPSA) is 29.5 Å². The Morgan fingerprint density at radius 1 is 1.55 bits per heavy atom. The lowest BCUT2D eigenvalue weighted by molar-refractivity contribution is -0.138. The standard InChI is InChI=1S/C8H13NO2/c1-7(10)9-4-5-11-8(6-9)2-3-8/h2-6H2,1H3. The molecular formula is C8H13NO2. The maximum absolute atomic E-state index is 11.0. The molecule has 1 amide bonds. The van der Waals surface area contributed by atoms with E-state index in [-0.39, 0.29) is 11.5 Å². The summed E-state index contributed by atoms with van der Waals surface area (Å²) >= 11 is 0. The molecule has 62 valence electrons. The molecule has 3 heteroatoms. The molecule has 0 bridgehead atoms. The van der Waals surface area contributed by atoms with Gasteiger partial charge < -0.3 is 9.64 Å². The molecule has 0 aromatic heterocycles. The van der Waals surface area contributed by atoms with Gasteiger partial charge in [0.1, 0.15) is 0 Å². The summed E-state index contributed by atoms with van der Waals surface area (Å²) in [6, 6.07) is 0. The van der Waals surface area contributed by atoms with Crippen LogP contribution < -0.4 is 0 Å². The third-order valence-corrected chi connectivity index (χ3v) is 2.50. The summed E-state index contributed by atoms with van der Waals surface area (Å²) in [7, 11) is 0. The maximum Gasteiger partial charge on any atom is 0.219 e. The molecule has 1 saturated heterocycles. The van der Waals surface area contributed by atoms with Crippen LogP contribution in [0.3, 0.4) is 0 Å². The van der Waals surface area contributed by atoms with E-state index in [2.05, 4.69) is 0 Å². The minimum absolute atomic E-state index is 0.0872. The van der Waals surface area contributed by atoms with Gasteiger partial charge in [-0.05, 0) is 12.8 Å². The van der Waals surface area contributed by atoms with Crippen molar-refractivity contribution in [3.8, 4) is 0 Å². The van der Waals surface area contributed by atoms with Crippen LogP contribution in [0.25, 0.3) is 0 Å². The molecule has 1 aliphatic carbocycles. The second kappa shape index (κ2) is 2.21. The maximum atomic E-state index is 11.0. The number of hydrogen-bond donors (Lipinski definition) is 0. The molecule has 0 aromatic rings. The van der Waals surface area contributed by atoms with E-state index < -0.39 is 0 Å². The first-order valence-electron chi connectivity index (χ1n) is 4.11. The van der Waals surface area contributed by atoms with Crippen molar-refractivity contribution in [3.05, 3.63) is 0 Å². The Balaban J connectivity index is 1.98. The molecule has 2 fully saturated rings. The average Bonchev–Trinajstić information content (AvgIpc) is 2.69. The number of nitrogens with zero attached hydrogens (tertiary/aromatic N) is 1. The van der Waals surface area contributed by atoms with Crippen molar-refractivity contribution in [1.29, 1.82) is 0 Å². The summed E-state index contributed by atoms with van der Waals surface area (Å²) in [5.74, 6) is 0.180. The van der Waals surface area contributed by atoms with E-state index in [1.807, 2.05) is 4.90 Å². The Labute approximate surface area is 66.3 Å². The van der Waals surface area contributed by atoms with Crippen LogP contribution >= 0.6 is 0 Å². The third-order valence-electron chi connectivity index (χ3n) is 2.50. The molecule has 2 rings (SSSR count). The zero-order valence-corrected chi connectivity index (χ0v) is 6.80. The molecule has 0 radical (unpaired) electrons. The van der Waals surface area contributed by atoms with Gasteiger partial charge in [0, 0.05) is 20.0 Å². The van der Waals surface area contributed by atoms with E-state index in [0.717, 1.165) is 32.5 Å². The highest BCUT2D eigenvalue weighted by atomic mass is 16.5. The number of carbonyl (C=O) groups excluding carboxylic acids is 1. The third kappa shape index (κ3) is 1.25. The highest BCUT2D eigenvalue weighted by Crippen LogP contribution is 2.41. The number of hydrogen-bond acceptors (Lipinski definition) is 2. The van der Waals surface area contributed by atoms with Crippen molar-refractivity contribution in [2.45, 2.75) is 25.4 Å². The molecule has 0 unspecified atom stereocenters. The predicted octanol–water partition coefficient (Wildman–Crippen LogP) is 0.398. The van der Waals surface area contributed by atoms with E-state index in [0.29, 0.717) is 0 Å². The second-order valence-corrected chi connectivity index (χ2v) is 3.47. The average molecular weight is 155 g/mol. The van der Waals surface area contributed by atoms with Crippen LogP contribution in [0.4, 0.5) is 0 Å². The molecule has 1 spiro atoms. The molecule has 2 aliphatic rings. The number of ether oxygens (including phenoxy) is 1. The van der Waals surface area contributed by atoms with E-state index in [9.17, 15) is 4.79 Å².